The van der Waals surface area contributed by atoms with Crippen molar-refractivity contribution in [1.82, 2.24) is 15.2 Å². The molecular formula is C25H24ClN3O3. The van der Waals surface area contributed by atoms with Gasteiger partial charge in [0.1, 0.15) is 10.9 Å². The first kappa shape index (κ1) is 21.8. The van der Waals surface area contributed by atoms with Crippen LogP contribution in [0.4, 0.5) is 0 Å². The number of aromatic nitrogens is 1. The fourth-order valence-electron chi connectivity index (χ4n) is 3.80. The normalized spacial score (nSPS) is 14.1. The van der Waals surface area contributed by atoms with E-state index in [0.717, 1.165) is 16.9 Å². The second kappa shape index (κ2) is 9.83. The van der Waals surface area contributed by atoms with Gasteiger partial charge in [-0.2, -0.15) is 0 Å². The van der Waals surface area contributed by atoms with Gasteiger partial charge in [-0.25, -0.2) is 4.98 Å². The standard InChI is InChI=1S/C25H24ClN3O3/c1-32-22-4-2-3-19(15-22)17-5-7-18(8-6-17)25(31)29-13-11-21(12-14-29)28-24(30)20-9-10-23(26)27-16-20/h2-10,15-16,21H,11-14H2,1H3,(H,28,30). The van der Waals surface area contributed by atoms with Crippen molar-refractivity contribution in [2.75, 3.05) is 20.2 Å². The molecule has 1 aromatic heterocycles. The zero-order chi connectivity index (χ0) is 22.5. The molecule has 164 valence electrons. The molecule has 1 saturated heterocycles. The maximum absolute atomic E-state index is 12.9. The van der Waals surface area contributed by atoms with Crippen LogP contribution in [0.1, 0.15) is 33.6 Å². The van der Waals surface area contributed by atoms with Gasteiger partial charge in [0.25, 0.3) is 11.8 Å². The molecule has 0 unspecified atom stereocenters. The first-order chi connectivity index (χ1) is 15.5. The molecule has 32 heavy (non-hydrogen) atoms. The summed E-state index contributed by atoms with van der Waals surface area (Å²) in [5, 5.41) is 3.37. The first-order valence-corrected chi connectivity index (χ1v) is 10.9. The van der Waals surface area contributed by atoms with Crippen LogP contribution in [0.3, 0.4) is 0 Å². The van der Waals surface area contributed by atoms with E-state index in [1.54, 1.807) is 19.2 Å². The topological polar surface area (TPSA) is 71.5 Å². The molecular weight excluding hydrogens is 426 g/mol. The number of benzene rings is 2. The lowest BCUT2D eigenvalue weighted by Crippen LogP contribution is -2.46. The van der Waals surface area contributed by atoms with E-state index >= 15 is 0 Å². The number of piperidine rings is 1. The minimum Gasteiger partial charge on any atom is -0.497 e. The molecule has 2 heterocycles. The van der Waals surface area contributed by atoms with Gasteiger partial charge >= 0.3 is 0 Å². The highest BCUT2D eigenvalue weighted by Crippen LogP contribution is 2.24. The Hall–Kier alpha value is -3.38. The molecule has 2 aromatic carbocycles. The smallest absolute Gasteiger partial charge is 0.253 e. The van der Waals surface area contributed by atoms with Crippen molar-refractivity contribution in [2.24, 2.45) is 0 Å². The average Bonchev–Trinajstić information content (AvgIpc) is 2.84. The molecule has 0 aliphatic carbocycles. The maximum atomic E-state index is 12.9. The van der Waals surface area contributed by atoms with Crippen LogP contribution in [-0.2, 0) is 0 Å². The predicted molar refractivity (Wildman–Crippen MR) is 124 cm³/mol. The van der Waals surface area contributed by atoms with Gasteiger partial charge in [-0.1, -0.05) is 35.9 Å². The lowest BCUT2D eigenvalue weighted by Gasteiger charge is -2.32. The number of rotatable bonds is 5. The summed E-state index contributed by atoms with van der Waals surface area (Å²) in [6, 6.07) is 18.7. The Morgan fingerprint density at radius 3 is 2.38 bits per heavy atom. The Balaban J connectivity index is 1.33. The minimum absolute atomic E-state index is 0.00821. The zero-order valence-corrected chi connectivity index (χ0v) is 18.5. The van der Waals surface area contributed by atoms with Crippen LogP contribution >= 0.6 is 11.6 Å². The lowest BCUT2D eigenvalue weighted by molar-refractivity contribution is 0.0698. The lowest BCUT2D eigenvalue weighted by atomic mass is 10.0. The number of nitrogens with zero attached hydrogens (tertiary/aromatic N) is 2. The molecule has 1 N–H and O–H groups in total. The molecule has 1 aliphatic heterocycles. The Bertz CT molecular complexity index is 1090. The maximum Gasteiger partial charge on any atom is 0.253 e. The number of amides is 2. The van der Waals surface area contributed by atoms with Crippen LogP contribution in [0.15, 0.2) is 66.9 Å². The summed E-state index contributed by atoms with van der Waals surface area (Å²) in [5.41, 5.74) is 3.20. The first-order valence-electron chi connectivity index (χ1n) is 10.5. The highest BCUT2D eigenvalue weighted by atomic mass is 35.5. The van der Waals surface area contributed by atoms with Crippen LogP contribution in [0, 0.1) is 0 Å². The quantitative estimate of drug-likeness (QED) is 0.584. The molecule has 4 rings (SSSR count). The Labute approximate surface area is 192 Å². The van der Waals surface area contributed by atoms with E-state index in [4.69, 9.17) is 16.3 Å². The SMILES string of the molecule is COc1cccc(-c2ccc(C(=O)N3CCC(NC(=O)c4ccc(Cl)nc4)CC3)cc2)c1. The molecule has 0 saturated carbocycles. The number of halogens is 1. The van der Waals surface area contributed by atoms with E-state index in [-0.39, 0.29) is 17.9 Å². The van der Waals surface area contributed by atoms with Crippen LogP contribution < -0.4 is 10.1 Å². The largest absolute Gasteiger partial charge is 0.497 e. The van der Waals surface area contributed by atoms with Crippen molar-refractivity contribution in [2.45, 2.75) is 18.9 Å². The fraction of sp³-hybridized carbons (Fsp3) is 0.240. The van der Waals surface area contributed by atoms with Crippen LogP contribution in [0.2, 0.25) is 5.15 Å². The molecule has 0 spiro atoms. The summed E-state index contributed by atoms with van der Waals surface area (Å²) in [5.74, 6) is 0.630. The number of pyridine rings is 1. The van der Waals surface area contributed by atoms with Crippen molar-refractivity contribution in [3.63, 3.8) is 0 Å². The van der Waals surface area contributed by atoms with Gasteiger partial charge in [0.05, 0.1) is 12.7 Å². The van der Waals surface area contributed by atoms with E-state index in [1.807, 2.05) is 53.4 Å². The van der Waals surface area contributed by atoms with Gasteiger partial charge in [0, 0.05) is 30.9 Å². The summed E-state index contributed by atoms with van der Waals surface area (Å²) in [6.07, 6.45) is 2.88. The summed E-state index contributed by atoms with van der Waals surface area (Å²) >= 11 is 5.77. The second-order valence-corrected chi connectivity index (χ2v) is 8.11. The van der Waals surface area contributed by atoms with Crippen molar-refractivity contribution < 1.29 is 14.3 Å². The number of ether oxygens (including phenoxy) is 1. The van der Waals surface area contributed by atoms with Crippen molar-refractivity contribution in [1.29, 1.82) is 0 Å². The number of carbonyl (C=O) groups excluding carboxylic acids is 2. The van der Waals surface area contributed by atoms with E-state index in [1.165, 1.54) is 6.20 Å². The third-order valence-electron chi connectivity index (χ3n) is 5.64. The van der Waals surface area contributed by atoms with Crippen molar-refractivity contribution in [3.05, 3.63) is 83.1 Å². The number of likely N-dealkylation sites (tertiary alicyclic amines) is 1. The van der Waals surface area contributed by atoms with Gasteiger partial charge < -0.3 is 15.0 Å². The third kappa shape index (κ3) is 5.08. The molecule has 7 heteroatoms. The molecule has 2 amide bonds. The van der Waals surface area contributed by atoms with Gasteiger partial charge in [-0.15, -0.1) is 0 Å². The van der Waals surface area contributed by atoms with E-state index in [9.17, 15) is 9.59 Å². The van der Waals surface area contributed by atoms with E-state index in [0.29, 0.717) is 42.2 Å². The van der Waals surface area contributed by atoms with Crippen LogP contribution in [0.5, 0.6) is 5.75 Å². The predicted octanol–water partition coefficient (Wildman–Crippen LogP) is 4.45. The van der Waals surface area contributed by atoms with Gasteiger partial charge in [0.2, 0.25) is 0 Å². The summed E-state index contributed by atoms with van der Waals surface area (Å²) in [7, 11) is 1.64. The van der Waals surface area contributed by atoms with Crippen LogP contribution in [-0.4, -0.2) is 47.9 Å². The summed E-state index contributed by atoms with van der Waals surface area (Å²) in [6.45, 7) is 1.20. The Kier molecular flexibility index (Phi) is 6.71. The fourth-order valence-corrected chi connectivity index (χ4v) is 3.91. The van der Waals surface area contributed by atoms with Gasteiger partial charge in [-0.05, 0) is 60.4 Å². The zero-order valence-electron chi connectivity index (χ0n) is 17.8. The molecule has 6 nitrogen and oxygen atoms in total. The number of hydrogen-bond donors (Lipinski definition) is 1. The molecule has 0 radical (unpaired) electrons. The summed E-state index contributed by atoms with van der Waals surface area (Å²) in [4.78, 5) is 31.1. The molecule has 3 aromatic rings. The summed E-state index contributed by atoms with van der Waals surface area (Å²) < 4.78 is 5.28. The molecule has 0 atom stereocenters. The number of hydrogen-bond acceptors (Lipinski definition) is 4. The number of carbonyl (C=O) groups is 2. The third-order valence-corrected chi connectivity index (χ3v) is 5.87. The van der Waals surface area contributed by atoms with Gasteiger partial charge in [-0.3, -0.25) is 9.59 Å². The second-order valence-electron chi connectivity index (χ2n) is 7.72. The highest BCUT2D eigenvalue weighted by molar-refractivity contribution is 6.29. The molecule has 1 aliphatic rings. The minimum atomic E-state index is -0.174. The van der Waals surface area contributed by atoms with E-state index < -0.39 is 0 Å². The van der Waals surface area contributed by atoms with Crippen molar-refractivity contribution >= 4 is 23.4 Å². The highest BCUT2D eigenvalue weighted by Gasteiger charge is 2.25. The Morgan fingerprint density at radius 1 is 1.00 bits per heavy atom. The van der Waals surface area contributed by atoms with Crippen molar-refractivity contribution in [3.8, 4) is 16.9 Å². The number of nitrogens with one attached hydrogen (secondary N) is 1. The monoisotopic (exact) mass is 449 g/mol. The molecule has 1 fully saturated rings. The number of methoxy groups -OCH3 is 1. The van der Waals surface area contributed by atoms with Crippen LogP contribution in [0.25, 0.3) is 11.1 Å². The average molecular weight is 450 g/mol. The van der Waals surface area contributed by atoms with Gasteiger partial charge in [0.15, 0.2) is 0 Å². The Morgan fingerprint density at radius 2 is 1.72 bits per heavy atom. The molecule has 0 bridgehead atoms. The van der Waals surface area contributed by atoms with E-state index in [2.05, 4.69) is 10.3 Å².